The molecule has 2 aliphatic rings. The molecule has 1 aromatic rings. The first-order chi connectivity index (χ1) is 12.7. The van der Waals surface area contributed by atoms with Gasteiger partial charge in [0.1, 0.15) is 6.10 Å². The summed E-state index contributed by atoms with van der Waals surface area (Å²) in [6.07, 6.45) is -2.83. The van der Waals surface area contributed by atoms with Crippen molar-refractivity contribution in [2.24, 2.45) is 0 Å². The van der Waals surface area contributed by atoms with E-state index in [1.165, 1.54) is 10.3 Å². The number of benzene rings is 1. The lowest BCUT2D eigenvalue weighted by Gasteiger charge is -2.36. The first kappa shape index (κ1) is 19.4. The zero-order valence-corrected chi connectivity index (χ0v) is 14.9. The average molecular weight is 403 g/mol. The quantitative estimate of drug-likeness (QED) is 0.698. The molecule has 1 fully saturated rings. The number of amides is 2. The third-order valence-corrected chi connectivity index (χ3v) is 5.50. The van der Waals surface area contributed by atoms with Gasteiger partial charge in [-0.25, -0.2) is 4.79 Å². The highest BCUT2D eigenvalue weighted by Crippen LogP contribution is 2.43. The molecule has 0 aromatic heterocycles. The van der Waals surface area contributed by atoms with Crippen LogP contribution in [-0.4, -0.2) is 59.0 Å². The van der Waals surface area contributed by atoms with Gasteiger partial charge in [-0.05, 0) is 24.3 Å². The fraction of sp³-hybridized carbons (Fsp3) is 0.375. The summed E-state index contributed by atoms with van der Waals surface area (Å²) in [5.74, 6) is -1.16. The Labute approximate surface area is 155 Å². The van der Waals surface area contributed by atoms with E-state index < -0.39 is 35.1 Å². The highest BCUT2D eigenvalue weighted by Gasteiger charge is 2.33. The number of halogens is 2. The molecule has 27 heavy (non-hydrogen) atoms. The van der Waals surface area contributed by atoms with E-state index in [2.05, 4.69) is 0 Å². The van der Waals surface area contributed by atoms with E-state index in [0.717, 1.165) is 5.69 Å². The fourth-order valence-electron chi connectivity index (χ4n) is 2.72. The van der Waals surface area contributed by atoms with Crippen LogP contribution in [0.5, 0.6) is 0 Å². The van der Waals surface area contributed by atoms with Crippen molar-refractivity contribution in [2.45, 2.75) is 12.5 Å². The third kappa shape index (κ3) is 4.67. The van der Waals surface area contributed by atoms with Crippen molar-refractivity contribution in [2.75, 3.05) is 35.2 Å². The van der Waals surface area contributed by atoms with E-state index in [9.17, 15) is 27.5 Å². The van der Waals surface area contributed by atoms with Crippen LogP contribution in [0.1, 0.15) is 0 Å². The van der Waals surface area contributed by atoms with Crippen molar-refractivity contribution in [3.8, 4) is 0 Å². The van der Waals surface area contributed by atoms with Crippen molar-refractivity contribution in [1.82, 2.24) is 5.32 Å². The van der Waals surface area contributed by atoms with Gasteiger partial charge in [0.05, 0.1) is 18.8 Å². The molecule has 11 heteroatoms. The number of nitrogens with zero attached hydrogens (tertiary/aromatic N) is 2. The molecule has 8 nitrogen and oxygen atoms in total. The van der Waals surface area contributed by atoms with Gasteiger partial charge in [0.2, 0.25) is 0 Å². The van der Waals surface area contributed by atoms with Gasteiger partial charge in [0.15, 0.2) is 0 Å². The second-order valence-corrected chi connectivity index (χ2v) is 8.19. The Morgan fingerprint density at radius 1 is 1.30 bits per heavy atom. The fourth-order valence-corrected chi connectivity index (χ4v) is 3.66. The van der Waals surface area contributed by atoms with Gasteiger partial charge < -0.3 is 15.0 Å². The Morgan fingerprint density at radius 2 is 1.96 bits per heavy atom. The Morgan fingerprint density at radius 3 is 2.56 bits per heavy atom. The molecule has 3 rings (SSSR count). The molecular weight excluding hydrogens is 384 g/mol. The summed E-state index contributed by atoms with van der Waals surface area (Å²) in [7, 11) is -2.64. The number of ether oxygens (including phenoxy) is 1. The average Bonchev–Trinajstić information content (AvgIpc) is 3.00. The summed E-state index contributed by atoms with van der Waals surface area (Å²) in [5.41, 5.74) is 1.38. The molecule has 2 aliphatic heterocycles. The molecular formula is C16H19F2N3O5S. The van der Waals surface area contributed by atoms with E-state index in [0.29, 0.717) is 12.2 Å². The first-order valence-corrected chi connectivity index (χ1v) is 9.88. The predicted octanol–water partition coefficient (Wildman–Crippen LogP) is 2.43. The van der Waals surface area contributed by atoms with Crippen molar-refractivity contribution in [3.05, 3.63) is 35.9 Å². The van der Waals surface area contributed by atoms with Crippen LogP contribution in [0.3, 0.4) is 0 Å². The summed E-state index contributed by atoms with van der Waals surface area (Å²) in [6, 6.07) is 6.96. The monoisotopic (exact) mass is 403 g/mol. The van der Waals surface area contributed by atoms with Gasteiger partial charge in [0, 0.05) is 29.5 Å². The maximum absolute atomic E-state index is 12.2. The largest absolute Gasteiger partial charge is 0.442 e. The molecule has 0 saturated carbocycles. The topological polar surface area (TPSA) is 102 Å². The lowest BCUT2D eigenvalue weighted by atomic mass is 10.2. The van der Waals surface area contributed by atoms with Gasteiger partial charge in [-0.2, -0.15) is 19.4 Å². The summed E-state index contributed by atoms with van der Waals surface area (Å²) < 4.78 is 48.6. The lowest BCUT2D eigenvalue weighted by molar-refractivity contribution is -0.132. The Bertz CT molecular complexity index is 744. The normalized spacial score (nSPS) is 22.7. The van der Waals surface area contributed by atoms with Crippen molar-refractivity contribution in [3.63, 3.8) is 0 Å². The van der Waals surface area contributed by atoms with Gasteiger partial charge in [-0.3, -0.25) is 18.8 Å². The number of carbonyl (C=O) groups is 2. The third-order valence-electron chi connectivity index (χ3n) is 4.16. The highest BCUT2D eigenvalue weighted by molar-refractivity contribution is 8.26. The number of cyclic esters (lactones) is 1. The summed E-state index contributed by atoms with van der Waals surface area (Å²) >= 11 is 0. The number of rotatable bonds is 5. The van der Waals surface area contributed by atoms with Gasteiger partial charge in [0.25, 0.3) is 5.91 Å². The molecule has 0 aliphatic carbocycles. The molecule has 2 amide bonds. The van der Waals surface area contributed by atoms with Crippen LogP contribution in [0.15, 0.2) is 35.9 Å². The molecule has 1 saturated heterocycles. The highest BCUT2D eigenvalue weighted by atomic mass is 32.3. The van der Waals surface area contributed by atoms with Crippen LogP contribution in [0.4, 0.5) is 25.0 Å². The van der Waals surface area contributed by atoms with E-state index in [4.69, 9.17) is 4.74 Å². The minimum Gasteiger partial charge on any atom is -0.442 e. The molecule has 0 spiro atoms. The molecule has 1 atom stereocenters. The van der Waals surface area contributed by atoms with Gasteiger partial charge in [-0.15, -0.1) is 0 Å². The van der Waals surface area contributed by atoms with Crippen molar-refractivity contribution < 1.29 is 32.2 Å². The van der Waals surface area contributed by atoms with Crippen molar-refractivity contribution in [1.29, 1.82) is 0 Å². The Hall–Kier alpha value is -2.37. The molecule has 0 bridgehead atoms. The predicted molar refractivity (Wildman–Crippen MR) is 97.3 cm³/mol. The number of anilines is 2. The number of carbonyl (C=O) groups excluding carboxylic acids is 2. The lowest BCUT2D eigenvalue weighted by Crippen LogP contribution is -2.37. The zero-order chi connectivity index (χ0) is 19.6. The standard InChI is InChI=1S/C16H19F2N3O5S/c17-14(18)15(22)19-9-13-10-21(16(23)26-13)12-3-1-11(2-4-12)20-5-7-27(24,25)8-6-20/h1-5,7,13-14,24-25H,6,8-10H2,(H,19,22)/t13-/m0/s1. The number of nitrogens with one attached hydrogen (secondary N) is 1. The van der Waals surface area contributed by atoms with Crippen LogP contribution < -0.4 is 15.1 Å². The maximum Gasteiger partial charge on any atom is 0.414 e. The van der Waals surface area contributed by atoms with E-state index in [-0.39, 0.29) is 18.8 Å². The molecule has 2 heterocycles. The van der Waals surface area contributed by atoms with Crippen LogP contribution in [0.25, 0.3) is 0 Å². The first-order valence-electron chi connectivity index (χ1n) is 8.10. The van der Waals surface area contributed by atoms with Gasteiger partial charge in [-0.1, -0.05) is 0 Å². The Balaban J connectivity index is 1.60. The molecule has 0 unspecified atom stereocenters. The Kier molecular flexibility index (Phi) is 5.53. The van der Waals surface area contributed by atoms with Crippen molar-refractivity contribution >= 4 is 34.0 Å². The molecule has 0 radical (unpaired) electrons. The number of hydrogen-bond donors (Lipinski definition) is 3. The zero-order valence-electron chi connectivity index (χ0n) is 14.1. The molecule has 1 aromatic carbocycles. The summed E-state index contributed by atoms with van der Waals surface area (Å²) in [4.78, 5) is 26.1. The SMILES string of the molecule is O=C(NC[C@H]1CN(c2ccc(N3C=CS(O)(O)CC3)cc2)C(=O)O1)C(F)F. The summed E-state index contributed by atoms with van der Waals surface area (Å²) in [5, 5.41) is 3.40. The van der Waals surface area contributed by atoms with Crippen LogP contribution in [0.2, 0.25) is 0 Å². The smallest absolute Gasteiger partial charge is 0.414 e. The van der Waals surface area contributed by atoms with Crippen LogP contribution >= 0.6 is 10.6 Å². The van der Waals surface area contributed by atoms with E-state index in [1.54, 1.807) is 30.5 Å². The number of hydrogen-bond acceptors (Lipinski definition) is 6. The second-order valence-electron chi connectivity index (χ2n) is 6.08. The van der Waals surface area contributed by atoms with E-state index in [1.807, 2.05) is 10.2 Å². The van der Waals surface area contributed by atoms with Gasteiger partial charge >= 0.3 is 12.5 Å². The number of alkyl halides is 2. The van der Waals surface area contributed by atoms with Crippen LogP contribution in [0, 0.1) is 0 Å². The minimum atomic E-state index is -3.11. The second kappa shape index (κ2) is 7.71. The van der Waals surface area contributed by atoms with Crippen LogP contribution in [-0.2, 0) is 9.53 Å². The van der Waals surface area contributed by atoms with E-state index >= 15 is 0 Å². The minimum absolute atomic E-state index is 0.131. The summed E-state index contributed by atoms with van der Waals surface area (Å²) in [6.45, 7) is 0.399. The maximum atomic E-state index is 12.2. The molecule has 3 N–H and O–H groups in total. The molecule has 148 valence electrons.